The summed E-state index contributed by atoms with van der Waals surface area (Å²) in [5.41, 5.74) is -0.842. The summed E-state index contributed by atoms with van der Waals surface area (Å²) < 4.78 is 48.0. The molecule has 2 rings (SSSR count). The molecule has 0 bridgehead atoms. The summed E-state index contributed by atoms with van der Waals surface area (Å²) in [7, 11) is 0. The van der Waals surface area contributed by atoms with Crippen molar-refractivity contribution in [1.82, 2.24) is 15.0 Å². The van der Waals surface area contributed by atoms with E-state index in [9.17, 15) is 13.2 Å². The van der Waals surface area contributed by atoms with Crippen LogP contribution in [-0.2, 0) is 6.18 Å². The average Bonchev–Trinajstić information content (AvgIpc) is 2.37. The molecule has 0 atom stereocenters. The van der Waals surface area contributed by atoms with Crippen molar-refractivity contribution in [2.75, 3.05) is 6.61 Å². The first-order chi connectivity index (χ1) is 9.88. The molecule has 0 amide bonds. The van der Waals surface area contributed by atoms with Crippen LogP contribution in [-0.4, -0.2) is 21.6 Å². The van der Waals surface area contributed by atoms with Crippen molar-refractivity contribution in [2.45, 2.75) is 13.1 Å². The van der Waals surface area contributed by atoms with Crippen LogP contribution in [0.1, 0.15) is 12.5 Å². The maximum atomic E-state index is 12.6. The van der Waals surface area contributed by atoms with Gasteiger partial charge in [-0.25, -0.2) is 0 Å². The lowest BCUT2D eigenvalue weighted by Gasteiger charge is -2.09. The molecule has 0 aliphatic carbocycles. The molecule has 1 aromatic carbocycles. The van der Waals surface area contributed by atoms with E-state index in [1.165, 1.54) is 12.1 Å². The van der Waals surface area contributed by atoms with Crippen molar-refractivity contribution in [3.63, 3.8) is 0 Å². The van der Waals surface area contributed by atoms with Crippen LogP contribution in [0.5, 0.6) is 17.8 Å². The lowest BCUT2D eigenvalue weighted by atomic mass is 10.2. The molecule has 1 aromatic heterocycles. The van der Waals surface area contributed by atoms with E-state index in [1.54, 1.807) is 6.92 Å². The fourth-order valence-electron chi connectivity index (χ4n) is 1.40. The number of nitrogens with zero attached hydrogens (tertiary/aromatic N) is 3. The number of alkyl halides is 3. The van der Waals surface area contributed by atoms with Crippen LogP contribution in [0.2, 0.25) is 5.28 Å². The number of benzene rings is 1. The Bertz CT molecular complexity index is 637. The van der Waals surface area contributed by atoms with Gasteiger partial charge in [0.25, 0.3) is 0 Å². The van der Waals surface area contributed by atoms with E-state index in [0.717, 1.165) is 12.1 Å². The Morgan fingerprint density at radius 2 is 1.86 bits per heavy atom. The highest BCUT2D eigenvalue weighted by molar-refractivity contribution is 6.28. The van der Waals surface area contributed by atoms with Crippen LogP contribution < -0.4 is 9.47 Å². The molecule has 0 unspecified atom stereocenters. The molecular formula is C12H9ClF3N3O2. The topological polar surface area (TPSA) is 57.1 Å². The van der Waals surface area contributed by atoms with Gasteiger partial charge in [0.2, 0.25) is 5.28 Å². The number of halogens is 4. The molecular weight excluding hydrogens is 311 g/mol. The van der Waals surface area contributed by atoms with E-state index < -0.39 is 11.7 Å². The molecule has 2 aromatic rings. The second-order valence-electron chi connectivity index (χ2n) is 3.73. The van der Waals surface area contributed by atoms with Gasteiger partial charge >= 0.3 is 18.2 Å². The minimum Gasteiger partial charge on any atom is -0.464 e. The fraction of sp³-hybridized carbons (Fsp3) is 0.250. The lowest BCUT2D eigenvalue weighted by molar-refractivity contribution is -0.137. The van der Waals surface area contributed by atoms with E-state index in [4.69, 9.17) is 21.1 Å². The van der Waals surface area contributed by atoms with Crippen LogP contribution in [0.25, 0.3) is 0 Å². The molecule has 0 N–H and O–H groups in total. The molecule has 0 saturated carbocycles. The zero-order valence-corrected chi connectivity index (χ0v) is 11.4. The van der Waals surface area contributed by atoms with Crippen molar-refractivity contribution >= 4 is 11.6 Å². The fourth-order valence-corrected chi connectivity index (χ4v) is 1.54. The Balaban J connectivity index is 2.26. The van der Waals surface area contributed by atoms with Crippen molar-refractivity contribution in [2.24, 2.45) is 0 Å². The highest BCUT2D eigenvalue weighted by atomic mass is 35.5. The van der Waals surface area contributed by atoms with Crippen LogP contribution in [0.3, 0.4) is 0 Å². The summed E-state index contributed by atoms with van der Waals surface area (Å²) >= 11 is 5.65. The van der Waals surface area contributed by atoms with Crippen molar-refractivity contribution < 1.29 is 22.6 Å². The standard InChI is InChI=1S/C12H9ClF3N3O2/c1-2-20-10-17-9(13)18-11(19-10)21-8-5-3-4-7(6-8)12(14,15)16/h3-6H,2H2,1H3. The Morgan fingerprint density at radius 1 is 1.14 bits per heavy atom. The number of hydrogen-bond acceptors (Lipinski definition) is 5. The van der Waals surface area contributed by atoms with Gasteiger partial charge in [0.05, 0.1) is 12.2 Å². The molecule has 0 spiro atoms. The van der Waals surface area contributed by atoms with Gasteiger partial charge in [-0.15, -0.1) is 4.98 Å². The van der Waals surface area contributed by atoms with Gasteiger partial charge in [-0.05, 0) is 36.7 Å². The van der Waals surface area contributed by atoms with Crippen LogP contribution in [0, 0.1) is 0 Å². The van der Waals surface area contributed by atoms with Gasteiger partial charge in [0, 0.05) is 0 Å². The highest BCUT2D eigenvalue weighted by Crippen LogP contribution is 2.32. The molecule has 0 fully saturated rings. The summed E-state index contributed by atoms with van der Waals surface area (Å²) in [6, 6.07) is 3.99. The minimum absolute atomic E-state index is 0.0699. The van der Waals surface area contributed by atoms with Crippen molar-refractivity contribution in [1.29, 1.82) is 0 Å². The second kappa shape index (κ2) is 6.13. The summed E-state index contributed by atoms with van der Waals surface area (Å²) in [5.74, 6) is -0.0745. The normalized spacial score (nSPS) is 11.3. The second-order valence-corrected chi connectivity index (χ2v) is 4.07. The zero-order chi connectivity index (χ0) is 15.5. The molecule has 21 heavy (non-hydrogen) atoms. The van der Waals surface area contributed by atoms with Crippen LogP contribution in [0.4, 0.5) is 13.2 Å². The van der Waals surface area contributed by atoms with Gasteiger partial charge in [-0.3, -0.25) is 0 Å². The third-order valence-corrected chi connectivity index (χ3v) is 2.38. The maximum absolute atomic E-state index is 12.6. The molecule has 112 valence electrons. The van der Waals surface area contributed by atoms with Crippen molar-refractivity contribution in [3.05, 3.63) is 35.1 Å². The Kier molecular flexibility index (Phi) is 4.46. The lowest BCUT2D eigenvalue weighted by Crippen LogP contribution is -2.05. The monoisotopic (exact) mass is 319 g/mol. The number of rotatable bonds is 4. The van der Waals surface area contributed by atoms with E-state index in [0.29, 0.717) is 6.61 Å². The van der Waals surface area contributed by atoms with E-state index in [2.05, 4.69) is 15.0 Å². The van der Waals surface area contributed by atoms with Gasteiger partial charge < -0.3 is 9.47 Å². The van der Waals surface area contributed by atoms with Gasteiger partial charge in [-0.2, -0.15) is 23.1 Å². The van der Waals surface area contributed by atoms with E-state index >= 15 is 0 Å². The number of hydrogen-bond donors (Lipinski definition) is 0. The molecule has 0 aliphatic rings. The van der Waals surface area contributed by atoms with Gasteiger partial charge in [-0.1, -0.05) is 6.07 Å². The van der Waals surface area contributed by atoms with Crippen LogP contribution >= 0.6 is 11.6 Å². The predicted molar refractivity (Wildman–Crippen MR) is 67.5 cm³/mol. The molecule has 0 saturated heterocycles. The van der Waals surface area contributed by atoms with Gasteiger partial charge in [0.15, 0.2) is 0 Å². The SMILES string of the molecule is CCOc1nc(Cl)nc(Oc2cccc(C(F)(F)F)c2)n1. The summed E-state index contributed by atoms with van der Waals surface area (Å²) in [6.07, 6.45) is -4.47. The smallest absolute Gasteiger partial charge is 0.416 e. The maximum Gasteiger partial charge on any atom is 0.416 e. The Morgan fingerprint density at radius 3 is 2.52 bits per heavy atom. The number of aromatic nitrogens is 3. The van der Waals surface area contributed by atoms with E-state index in [-0.39, 0.29) is 23.1 Å². The Labute approximate surface area is 122 Å². The molecule has 0 radical (unpaired) electrons. The average molecular weight is 320 g/mol. The first-order valence-electron chi connectivity index (χ1n) is 5.78. The summed E-state index contributed by atoms with van der Waals surface area (Å²) in [4.78, 5) is 11.1. The third-order valence-electron chi connectivity index (χ3n) is 2.21. The Hall–Kier alpha value is -2.09. The highest BCUT2D eigenvalue weighted by Gasteiger charge is 2.30. The minimum atomic E-state index is -4.47. The number of ether oxygens (including phenoxy) is 2. The van der Waals surface area contributed by atoms with E-state index in [1.807, 2.05) is 0 Å². The quantitative estimate of drug-likeness (QED) is 0.859. The molecule has 0 aliphatic heterocycles. The van der Waals surface area contributed by atoms with Gasteiger partial charge in [0.1, 0.15) is 5.75 Å². The first kappa shape index (κ1) is 15.3. The summed E-state index contributed by atoms with van der Waals surface area (Å²) in [5, 5.41) is -0.185. The predicted octanol–water partition coefficient (Wildman–Crippen LogP) is 3.73. The zero-order valence-electron chi connectivity index (χ0n) is 10.7. The molecule has 5 nitrogen and oxygen atoms in total. The molecule has 9 heteroatoms. The van der Waals surface area contributed by atoms with Crippen molar-refractivity contribution in [3.8, 4) is 17.8 Å². The first-order valence-corrected chi connectivity index (χ1v) is 6.16. The third kappa shape index (κ3) is 4.19. The summed E-state index contributed by atoms with van der Waals surface area (Å²) in [6.45, 7) is 2.01. The largest absolute Gasteiger partial charge is 0.464 e. The molecule has 1 heterocycles. The van der Waals surface area contributed by atoms with Crippen LogP contribution in [0.15, 0.2) is 24.3 Å².